The summed E-state index contributed by atoms with van der Waals surface area (Å²) in [6, 6.07) is 15.6. The molecule has 0 amide bonds. The van der Waals surface area contributed by atoms with Gasteiger partial charge in [-0.25, -0.2) is 0 Å². The lowest BCUT2D eigenvalue weighted by Crippen LogP contribution is -2.05. The predicted octanol–water partition coefficient (Wildman–Crippen LogP) is 4.32. The number of hydrogen-bond acceptors (Lipinski definition) is 2. The Hall–Kier alpha value is -2.09. The van der Waals surface area contributed by atoms with Crippen LogP contribution in [0.4, 0.5) is 0 Å². The van der Waals surface area contributed by atoms with Crippen molar-refractivity contribution in [3.8, 4) is 5.75 Å². The minimum Gasteiger partial charge on any atom is -0.497 e. The zero-order valence-corrected chi connectivity index (χ0v) is 12.9. The molecule has 0 aliphatic carbocycles. The van der Waals surface area contributed by atoms with E-state index in [0.717, 1.165) is 23.3 Å². The highest BCUT2D eigenvalue weighted by atomic mass is 16.5. The molecule has 0 atom stereocenters. The Bertz CT molecular complexity index is 597. The largest absolute Gasteiger partial charge is 0.497 e. The van der Waals surface area contributed by atoms with E-state index in [-0.39, 0.29) is 5.78 Å². The van der Waals surface area contributed by atoms with Crippen molar-refractivity contribution in [1.82, 2.24) is 0 Å². The van der Waals surface area contributed by atoms with Gasteiger partial charge in [0.15, 0.2) is 5.78 Å². The first-order chi connectivity index (χ1) is 10.1. The molecule has 2 aromatic rings. The van der Waals surface area contributed by atoms with Crippen molar-refractivity contribution in [3.05, 3.63) is 65.2 Å². The number of carbonyl (C=O) groups is 1. The zero-order valence-electron chi connectivity index (χ0n) is 12.9. The van der Waals surface area contributed by atoms with Crippen molar-refractivity contribution >= 4 is 5.78 Å². The number of hydrogen-bond donors (Lipinski definition) is 0. The first-order valence-corrected chi connectivity index (χ1v) is 7.33. The Kier molecular flexibility index (Phi) is 5.15. The number of Topliss-reactive ketones (excluding diaryl/α,β-unsaturated/α-hetero) is 1. The van der Waals surface area contributed by atoms with Crippen molar-refractivity contribution in [2.75, 3.05) is 7.11 Å². The topological polar surface area (TPSA) is 26.3 Å². The first-order valence-electron chi connectivity index (χ1n) is 7.33. The summed E-state index contributed by atoms with van der Waals surface area (Å²) >= 11 is 0. The summed E-state index contributed by atoms with van der Waals surface area (Å²) in [6.07, 6.45) is 1.43. The van der Waals surface area contributed by atoms with E-state index in [2.05, 4.69) is 19.9 Å². The highest BCUT2D eigenvalue weighted by Crippen LogP contribution is 2.15. The standard InChI is InChI=1S/C19H22O2/c1-14(2)11-16-5-4-6-17(12-16)19(20)13-15-7-9-18(21-3)10-8-15/h4-10,12,14H,11,13H2,1-3H3. The number of ether oxygens (including phenoxy) is 1. The maximum Gasteiger partial charge on any atom is 0.167 e. The van der Waals surface area contributed by atoms with E-state index in [1.54, 1.807) is 7.11 Å². The molecule has 0 saturated heterocycles. The molecule has 0 saturated carbocycles. The number of ketones is 1. The maximum atomic E-state index is 12.4. The van der Waals surface area contributed by atoms with Crippen LogP contribution in [-0.4, -0.2) is 12.9 Å². The van der Waals surface area contributed by atoms with Crippen molar-refractivity contribution in [3.63, 3.8) is 0 Å². The molecule has 0 heterocycles. The summed E-state index contributed by atoms with van der Waals surface area (Å²) in [5, 5.41) is 0. The van der Waals surface area contributed by atoms with Crippen LogP contribution in [-0.2, 0) is 12.8 Å². The molecule has 2 heteroatoms. The van der Waals surface area contributed by atoms with Gasteiger partial charge in [0, 0.05) is 12.0 Å². The smallest absolute Gasteiger partial charge is 0.167 e. The lowest BCUT2D eigenvalue weighted by Gasteiger charge is -2.07. The van der Waals surface area contributed by atoms with Gasteiger partial charge in [-0.3, -0.25) is 4.79 Å². The summed E-state index contributed by atoms with van der Waals surface area (Å²) < 4.78 is 5.13. The number of carbonyl (C=O) groups excluding carboxylic acids is 1. The minimum absolute atomic E-state index is 0.158. The van der Waals surface area contributed by atoms with E-state index in [4.69, 9.17) is 4.74 Å². The van der Waals surface area contributed by atoms with E-state index in [1.165, 1.54) is 5.56 Å². The molecule has 0 fully saturated rings. The van der Waals surface area contributed by atoms with Gasteiger partial charge in [0.1, 0.15) is 5.75 Å². The SMILES string of the molecule is COc1ccc(CC(=O)c2cccc(CC(C)C)c2)cc1. The van der Waals surface area contributed by atoms with E-state index in [0.29, 0.717) is 12.3 Å². The van der Waals surface area contributed by atoms with Crippen LogP contribution < -0.4 is 4.74 Å². The molecule has 0 spiro atoms. The Morgan fingerprint density at radius 2 is 1.76 bits per heavy atom. The van der Waals surface area contributed by atoms with E-state index in [1.807, 2.05) is 42.5 Å². The van der Waals surface area contributed by atoms with Gasteiger partial charge in [0.05, 0.1) is 7.11 Å². The summed E-state index contributed by atoms with van der Waals surface area (Å²) in [7, 11) is 1.64. The fraction of sp³-hybridized carbons (Fsp3) is 0.316. The van der Waals surface area contributed by atoms with Crippen LogP contribution in [0.25, 0.3) is 0 Å². The molecular weight excluding hydrogens is 260 g/mol. The fourth-order valence-corrected chi connectivity index (χ4v) is 2.37. The first kappa shape index (κ1) is 15.3. The molecular formula is C19H22O2. The second-order valence-electron chi connectivity index (χ2n) is 5.75. The zero-order chi connectivity index (χ0) is 15.2. The van der Waals surface area contributed by atoms with Gasteiger partial charge in [0.2, 0.25) is 0 Å². The van der Waals surface area contributed by atoms with Gasteiger partial charge < -0.3 is 4.74 Å². The Balaban J connectivity index is 2.08. The molecule has 21 heavy (non-hydrogen) atoms. The minimum atomic E-state index is 0.158. The Morgan fingerprint density at radius 1 is 1.05 bits per heavy atom. The molecule has 0 N–H and O–H groups in total. The molecule has 2 aromatic carbocycles. The molecule has 0 unspecified atom stereocenters. The molecule has 0 aliphatic heterocycles. The molecule has 2 rings (SSSR count). The highest BCUT2D eigenvalue weighted by molar-refractivity contribution is 5.97. The number of rotatable bonds is 6. The van der Waals surface area contributed by atoms with Crippen molar-refractivity contribution in [2.24, 2.45) is 5.92 Å². The van der Waals surface area contributed by atoms with Crippen LogP contribution in [0.5, 0.6) is 5.75 Å². The number of methoxy groups -OCH3 is 1. The summed E-state index contributed by atoms with van der Waals surface area (Å²) in [4.78, 5) is 12.4. The average Bonchev–Trinajstić information content (AvgIpc) is 2.47. The van der Waals surface area contributed by atoms with Crippen LogP contribution in [0, 0.1) is 5.92 Å². The van der Waals surface area contributed by atoms with Crippen LogP contribution in [0.1, 0.15) is 35.3 Å². The lowest BCUT2D eigenvalue weighted by atomic mass is 9.97. The molecule has 110 valence electrons. The van der Waals surface area contributed by atoms with E-state index < -0.39 is 0 Å². The summed E-state index contributed by atoms with van der Waals surface area (Å²) in [5.74, 6) is 1.56. The van der Waals surface area contributed by atoms with Crippen molar-refractivity contribution in [1.29, 1.82) is 0 Å². The molecule has 0 radical (unpaired) electrons. The maximum absolute atomic E-state index is 12.4. The second-order valence-corrected chi connectivity index (χ2v) is 5.75. The van der Waals surface area contributed by atoms with Crippen molar-refractivity contribution < 1.29 is 9.53 Å². The van der Waals surface area contributed by atoms with Gasteiger partial charge in [-0.05, 0) is 41.7 Å². The lowest BCUT2D eigenvalue weighted by molar-refractivity contribution is 0.0993. The van der Waals surface area contributed by atoms with Crippen molar-refractivity contribution in [2.45, 2.75) is 26.7 Å². The van der Waals surface area contributed by atoms with Crippen LogP contribution in [0.2, 0.25) is 0 Å². The van der Waals surface area contributed by atoms with Crippen LogP contribution >= 0.6 is 0 Å². The third-order valence-electron chi connectivity index (χ3n) is 3.42. The fourth-order valence-electron chi connectivity index (χ4n) is 2.37. The van der Waals surface area contributed by atoms with E-state index >= 15 is 0 Å². The Labute approximate surface area is 126 Å². The molecule has 0 bridgehead atoms. The summed E-state index contributed by atoms with van der Waals surface area (Å²) in [6.45, 7) is 4.37. The third-order valence-corrected chi connectivity index (χ3v) is 3.42. The average molecular weight is 282 g/mol. The van der Waals surface area contributed by atoms with Gasteiger partial charge in [0.25, 0.3) is 0 Å². The van der Waals surface area contributed by atoms with Gasteiger partial charge >= 0.3 is 0 Å². The van der Waals surface area contributed by atoms with Crippen LogP contribution in [0.3, 0.4) is 0 Å². The quantitative estimate of drug-likeness (QED) is 0.738. The highest BCUT2D eigenvalue weighted by Gasteiger charge is 2.08. The normalized spacial score (nSPS) is 10.7. The van der Waals surface area contributed by atoms with E-state index in [9.17, 15) is 4.79 Å². The molecule has 2 nitrogen and oxygen atoms in total. The second kappa shape index (κ2) is 7.07. The third kappa shape index (κ3) is 4.45. The van der Waals surface area contributed by atoms with Gasteiger partial charge in [-0.2, -0.15) is 0 Å². The van der Waals surface area contributed by atoms with Gasteiger partial charge in [-0.1, -0.05) is 44.2 Å². The molecule has 0 aromatic heterocycles. The van der Waals surface area contributed by atoms with Gasteiger partial charge in [-0.15, -0.1) is 0 Å². The predicted molar refractivity (Wildman–Crippen MR) is 86.0 cm³/mol. The van der Waals surface area contributed by atoms with Crippen LogP contribution in [0.15, 0.2) is 48.5 Å². The summed E-state index contributed by atoms with van der Waals surface area (Å²) in [5.41, 5.74) is 3.03. The Morgan fingerprint density at radius 3 is 2.38 bits per heavy atom. The molecule has 0 aliphatic rings. The monoisotopic (exact) mass is 282 g/mol. The number of benzene rings is 2.